The zero-order chi connectivity index (χ0) is 35.6. The number of carbonyl (C=O) groups excluding carboxylic acids is 2. The van der Waals surface area contributed by atoms with Crippen LogP contribution >= 0.6 is 23.4 Å². The Morgan fingerprint density at radius 3 is 2.35 bits per heavy atom. The zero-order valence-electron chi connectivity index (χ0n) is 29.1. The SMILES string of the molecule is CSc1ccccc1CN1CCN(C(=O)[C@H](NC(=O)OCc2ccccc2)C2CCN(CCc3cc(Cl)ccc3-c3cccc(F)c3)CC2)CC1. The standard InChI is InChI=1S/C41H46ClFN4O3S/c1-51-38-13-6-5-10-34(38)28-46-22-24-47(25-23-46)40(48)39(44-41(49)50-29-30-8-3-2-4-9-30)31-16-19-45(20-17-31)21-18-33-26-35(42)14-15-37(33)32-11-7-12-36(43)27-32/h2-15,26-27,31,39H,16-25,28-29H2,1H3,(H,44,49)/t39-/m1/s1. The van der Waals surface area contributed by atoms with Gasteiger partial charge in [0.15, 0.2) is 0 Å². The van der Waals surface area contributed by atoms with Gasteiger partial charge in [-0.25, -0.2) is 9.18 Å². The van der Waals surface area contributed by atoms with E-state index in [9.17, 15) is 14.0 Å². The van der Waals surface area contributed by atoms with Gasteiger partial charge >= 0.3 is 6.09 Å². The first kappa shape index (κ1) is 36.9. The molecule has 0 unspecified atom stereocenters. The lowest BCUT2D eigenvalue weighted by Crippen LogP contribution is -2.58. The highest BCUT2D eigenvalue weighted by Gasteiger charge is 2.36. The fraction of sp³-hybridized carbons (Fsp3) is 0.366. The number of piperidine rings is 1. The van der Waals surface area contributed by atoms with E-state index in [2.05, 4.69) is 45.6 Å². The van der Waals surface area contributed by atoms with E-state index in [0.717, 1.165) is 80.8 Å². The van der Waals surface area contributed by atoms with E-state index in [1.807, 2.05) is 59.5 Å². The van der Waals surface area contributed by atoms with Gasteiger partial charge in [0, 0.05) is 49.2 Å². The summed E-state index contributed by atoms with van der Waals surface area (Å²) in [7, 11) is 0. The molecule has 2 saturated heterocycles. The molecule has 7 nitrogen and oxygen atoms in total. The van der Waals surface area contributed by atoms with Crippen LogP contribution in [0, 0.1) is 11.7 Å². The predicted octanol–water partition coefficient (Wildman–Crippen LogP) is 7.76. The Kier molecular flexibility index (Phi) is 13.1. The molecule has 51 heavy (non-hydrogen) atoms. The maximum Gasteiger partial charge on any atom is 0.408 e. The highest BCUT2D eigenvalue weighted by molar-refractivity contribution is 7.98. The summed E-state index contributed by atoms with van der Waals surface area (Å²) in [5.41, 5.74) is 5.08. The third kappa shape index (κ3) is 10.1. The van der Waals surface area contributed by atoms with Crippen molar-refractivity contribution in [2.24, 2.45) is 5.92 Å². The number of likely N-dealkylation sites (tertiary alicyclic amines) is 1. The van der Waals surface area contributed by atoms with Gasteiger partial charge in [0.05, 0.1) is 0 Å². The quantitative estimate of drug-likeness (QED) is 0.151. The first-order valence-electron chi connectivity index (χ1n) is 17.7. The van der Waals surface area contributed by atoms with Gasteiger partial charge in [0.2, 0.25) is 5.91 Å². The maximum atomic E-state index is 14.2. The van der Waals surface area contributed by atoms with Gasteiger partial charge in [-0.15, -0.1) is 11.8 Å². The summed E-state index contributed by atoms with van der Waals surface area (Å²) in [4.78, 5) is 35.3. The van der Waals surface area contributed by atoms with Crippen LogP contribution < -0.4 is 5.32 Å². The number of carbonyl (C=O) groups is 2. The molecule has 1 atom stereocenters. The third-order valence-electron chi connectivity index (χ3n) is 10.0. The molecule has 0 saturated carbocycles. The number of ether oxygens (including phenoxy) is 1. The average molecular weight is 729 g/mol. The molecule has 2 heterocycles. The minimum atomic E-state index is -0.660. The molecule has 4 aromatic carbocycles. The largest absolute Gasteiger partial charge is 0.445 e. The Morgan fingerprint density at radius 1 is 0.863 bits per heavy atom. The van der Waals surface area contributed by atoms with E-state index in [1.165, 1.54) is 16.5 Å². The number of piperazine rings is 1. The smallest absolute Gasteiger partial charge is 0.408 e. The number of nitrogens with one attached hydrogen (secondary N) is 1. The van der Waals surface area contributed by atoms with E-state index in [4.69, 9.17) is 16.3 Å². The number of thioether (sulfide) groups is 1. The Labute approximate surface area is 310 Å². The van der Waals surface area contributed by atoms with Crippen LogP contribution in [0.25, 0.3) is 11.1 Å². The Balaban J connectivity index is 1.08. The van der Waals surface area contributed by atoms with Crippen molar-refractivity contribution in [1.82, 2.24) is 20.0 Å². The Morgan fingerprint density at radius 2 is 1.61 bits per heavy atom. The molecule has 268 valence electrons. The third-order valence-corrected chi connectivity index (χ3v) is 11.1. The maximum absolute atomic E-state index is 14.2. The summed E-state index contributed by atoms with van der Waals surface area (Å²) in [6.07, 6.45) is 3.83. The number of hydrogen-bond donors (Lipinski definition) is 1. The number of nitrogens with zero attached hydrogens (tertiary/aromatic N) is 3. The molecule has 0 aliphatic carbocycles. The molecule has 2 aliphatic rings. The van der Waals surface area contributed by atoms with Crippen LogP contribution in [-0.2, 0) is 29.1 Å². The summed E-state index contributed by atoms with van der Waals surface area (Å²) < 4.78 is 19.6. The second kappa shape index (κ2) is 18.0. The van der Waals surface area contributed by atoms with Crippen molar-refractivity contribution in [3.05, 3.63) is 125 Å². The first-order chi connectivity index (χ1) is 24.9. The number of hydrogen-bond acceptors (Lipinski definition) is 6. The summed E-state index contributed by atoms with van der Waals surface area (Å²) in [5, 5.41) is 3.65. The molecule has 2 aliphatic heterocycles. The van der Waals surface area contributed by atoms with Crippen molar-refractivity contribution in [3.63, 3.8) is 0 Å². The molecule has 0 bridgehead atoms. The van der Waals surface area contributed by atoms with Gasteiger partial charge in [-0.2, -0.15) is 0 Å². The van der Waals surface area contributed by atoms with Crippen molar-refractivity contribution >= 4 is 35.4 Å². The molecular formula is C41H46ClFN4O3S. The van der Waals surface area contributed by atoms with Gasteiger partial charge < -0.3 is 19.9 Å². The first-order valence-corrected chi connectivity index (χ1v) is 19.3. The van der Waals surface area contributed by atoms with Crippen molar-refractivity contribution < 1.29 is 18.7 Å². The van der Waals surface area contributed by atoms with Gasteiger partial charge in [-0.1, -0.05) is 78.3 Å². The van der Waals surface area contributed by atoms with Crippen LogP contribution in [-0.4, -0.2) is 84.8 Å². The molecule has 10 heteroatoms. The van der Waals surface area contributed by atoms with Crippen molar-refractivity contribution in [2.75, 3.05) is 52.1 Å². The molecule has 0 spiro atoms. The number of benzene rings is 4. The summed E-state index contributed by atoms with van der Waals surface area (Å²) >= 11 is 8.14. The van der Waals surface area contributed by atoms with Gasteiger partial charge in [0.1, 0.15) is 18.5 Å². The fourth-order valence-electron chi connectivity index (χ4n) is 7.17. The van der Waals surface area contributed by atoms with Crippen molar-refractivity contribution in [1.29, 1.82) is 0 Å². The summed E-state index contributed by atoms with van der Waals surface area (Å²) in [6, 6.07) is 29.8. The molecule has 0 radical (unpaired) electrons. The van der Waals surface area contributed by atoms with Gasteiger partial charge in [0.25, 0.3) is 0 Å². The fourth-order valence-corrected chi connectivity index (χ4v) is 7.97. The normalized spacial score (nSPS) is 16.5. The minimum absolute atomic E-state index is 0.0152. The second-order valence-electron chi connectivity index (χ2n) is 13.3. The highest BCUT2D eigenvalue weighted by Crippen LogP contribution is 2.29. The van der Waals surface area contributed by atoms with E-state index >= 15 is 0 Å². The van der Waals surface area contributed by atoms with Crippen LogP contribution in [0.15, 0.2) is 102 Å². The highest BCUT2D eigenvalue weighted by atomic mass is 35.5. The molecule has 0 aromatic heterocycles. The Hall–Kier alpha value is -3.89. The molecule has 2 fully saturated rings. The number of rotatable bonds is 12. The van der Waals surface area contributed by atoms with E-state index < -0.39 is 12.1 Å². The average Bonchev–Trinajstić information content (AvgIpc) is 3.16. The summed E-state index contributed by atoms with van der Waals surface area (Å²) in [6.45, 7) is 6.18. The molecule has 1 N–H and O–H groups in total. The predicted molar refractivity (Wildman–Crippen MR) is 203 cm³/mol. The van der Waals surface area contributed by atoms with Crippen molar-refractivity contribution in [3.8, 4) is 11.1 Å². The summed E-state index contributed by atoms with van der Waals surface area (Å²) in [5.74, 6) is -0.317. The lowest BCUT2D eigenvalue weighted by Gasteiger charge is -2.40. The van der Waals surface area contributed by atoms with Crippen molar-refractivity contribution in [2.45, 2.75) is 43.4 Å². The topological polar surface area (TPSA) is 65.1 Å². The molecule has 4 aromatic rings. The zero-order valence-corrected chi connectivity index (χ0v) is 30.7. The van der Waals surface area contributed by atoms with E-state index in [0.29, 0.717) is 18.1 Å². The molecular weight excluding hydrogens is 683 g/mol. The number of amides is 2. The number of alkyl carbamates (subject to hydrolysis) is 1. The molecule has 2 amide bonds. The lowest BCUT2D eigenvalue weighted by molar-refractivity contribution is -0.137. The van der Waals surface area contributed by atoms with Crippen LogP contribution in [0.3, 0.4) is 0 Å². The molecule has 6 rings (SSSR count). The monoisotopic (exact) mass is 728 g/mol. The number of halogens is 2. The van der Waals surface area contributed by atoms with E-state index in [1.54, 1.807) is 23.9 Å². The second-order valence-corrected chi connectivity index (χ2v) is 14.6. The minimum Gasteiger partial charge on any atom is -0.445 e. The van der Waals surface area contributed by atoms with E-state index in [-0.39, 0.29) is 24.2 Å². The van der Waals surface area contributed by atoms with Gasteiger partial charge in [-0.3, -0.25) is 9.69 Å². The van der Waals surface area contributed by atoms with Crippen LogP contribution in [0.4, 0.5) is 9.18 Å². The van der Waals surface area contributed by atoms with Gasteiger partial charge in [-0.05, 0) is 103 Å². The van der Waals surface area contributed by atoms with Crippen LogP contribution in [0.1, 0.15) is 29.5 Å². The lowest BCUT2D eigenvalue weighted by atomic mass is 9.88. The van der Waals surface area contributed by atoms with Crippen LogP contribution in [0.5, 0.6) is 0 Å². The van der Waals surface area contributed by atoms with Crippen LogP contribution in [0.2, 0.25) is 5.02 Å². The Bertz CT molecular complexity index is 1760.